The van der Waals surface area contributed by atoms with Gasteiger partial charge >= 0.3 is 5.97 Å². The fourth-order valence-electron chi connectivity index (χ4n) is 2.09. The fourth-order valence-corrected chi connectivity index (χ4v) is 3.60. The average molecular weight is 358 g/mol. The first kappa shape index (κ1) is 20.1. The molecule has 0 aliphatic rings. The molecule has 2 N–H and O–H groups in total. The van der Waals surface area contributed by atoms with Crippen molar-refractivity contribution in [2.24, 2.45) is 0 Å². The van der Waals surface area contributed by atoms with Gasteiger partial charge < -0.3 is 15.2 Å². The van der Waals surface area contributed by atoms with E-state index >= 15 is 0 Å². The van der Waals surface area contributed by atoms with Gasteiger partial charge in [-0.15, -0.1) is 0 Å². The molecule has 1 atom stereocenters. The SMILES string of the molecule is CCN(CC)S(=O)(=O)c1cccc(C(=O)NC(COC)C(=O)O)c1. The van der Waals surface area contributed by atoms with Crippen LogP contribution in [0.3, 0.4) is 0 Å². The number of carboxylic acid groups (broad SMARTS) is 1. The first-order valence-electron chi connectivity index (χ1n) is 7.40. The Morgan fingerprint density at radius 1 is 1.29 bits per heavy atom. The smallest absolute Gasteiger partial charge is 0.328 e. The summed E-state index contributed by atoms with van der Waals surface area (Å²) in [6.07, 6.45) is 0. The Kier molecular flexibility index (Phi) is 7.33. The number of carbonyl (C=O) groups excluding carboxylic acids is 1. The Labute approximate surface area is 141 Å². The molecule has 0 heterocycles. The van der Waals surface area contributed by atoms with Gasteiger partial charge in [-0.2, -0.15) is 4.31 Å². The second-order valence-corrected chi connectivity index (χ2v) is 6.87. The van der Waals surface area contributed by atoms with E-state index in [2.05, 4.69) is 5.32 Å². The van der Waals surface area contributed by atoms with Crippen LogP contribution in [0.2, 0.25) is 0 Å². The van der Waals surface area contributed by atoms with Crippen LogP contribution in [0.25, 0.3) is 0 Å². The summed E-state index contributed by atoms with van der Waals surface area (Å²) in [6, 6.07) is 4.27. The van der Waals surface area contributed by atoms with E-state index in [-0.39, 0.29) is 17.1 Å². The van der Waals surface area contributed by atoms with E-state index < -0.39 is 27.9 Å². The highest BCUT2D eigenvalue weighted by Gasteiger charge is 2.24. The summed E-state index contributed by atoms with van der Waals surface area (Å²) >= 11 is 0. The van der Waals surface area contributed by atoms with Crippen LogP contribution in [0, 0.1) is 0 Å². The molecule has 0 spiro atoms. The molecule has 0 aromatic heterocycles. The number of hydrogen-bond acceptors (Lipinski definition) is 5. The molecule has 0 saturated heterocycles. The lowest BCUT2D eigenvalue weighted by Crippen LogP contribution is -2.43. The molecule has 9 heteroatoms. The molecule has 1 aromatic carbocycles. The number of benzene rings is 1. The maximum atomic E-state index is 12.5. The number of methoxy groups -OCH3 is 1. The number of carbonyl (C=O) groups is 2. The summed E-state index contributed by atoms with van der Waals surface area (Å²) in [6.45, 7) is 3.87. The van der Waals surface area contributed by atoms with Crippen LogP contribution >= 0.6 is 0 Å². The molecule has 0 bridgehead atoms. The van der Waals surface area contributed by atoms with Gasteiger partial charge in [-0.05, 0) is 18.2 Å². The number of nitrogens with zero attached hydrogens (tertiary/aromatic N) is 1. The molecule has 1 rings (SSSR count). The Hall–Kier alpha value is -1.97. The van der Waals surface area contributed by atoms with Gasteiger partial charge in [-0.3, -0.25) is 4.79 Å². The number of ether oxygens (including phenoxy) is 1. The number of aliphatic carboxylic acids is 1. The quantitative estimate of drug-likeness (QED) is 0.666. The van der Waals surface area contributed by atoms with Gasteiger partial charge in [0.2, 0.25) is 10.0 Å². The minimum absolute atomic E-state index is 0.0162. The number of rotatable bonds is 9. The summed E-state index contributed by atoms with van der Waals surface area (Å²) in [7, 11) is -2.38. The highest BCUT2D eigenvalue weighted by atomic mass is 32.2. The second-order valence-electron chi connectivity index (χ2n) is 4.94. The van der Waals surface area contributed by atoms with Crippen LogP contribution < -0.4 is 5.32 Å². The first-order chi connectivity index (χ1) is 11.3. The fraction of sp³-hybridized carbons (Fsp3) is 0.467. The van der Waals surface area contributed by atoms with Crippen LogP contribution in [-0.4, -0.2) is 62.6 Å². The van der Waals surface area contributed by atoms with Crippen molar-refractivity contribution in [1.29, 1.82) is 0 Å². The predicted octanol–water partition coefficient (Wildman–Crippen LogP) is 0.547. The molecule has 0 radical (unpaired) electrons. The Balaban J connectivity index is 3.08. The van der Waals surface area contributed by atoms with Gasteiger partial charge in [0, 0.05) is 25.8 Å². The van der Waals surface area contributed by atoms with Crippen LogP contribution in [-0.2, 0) is 19.6 Å². The van der Waals surface area contributed by atoms with Gasteiger partial charge in [0.05, 0.1) is 11.5 Å². The van der Waals surface area contributed by atoms with E-state index in [4.69, 9.17) is 9.84 Å². The lowest BCUT2D eigenvalue weighted by Gasteiger charge is -2.19. The minimum atomic E-state index is -3.70. The minimum Gasteiger partial charge on any atom is -0.480 e. The van der Waals surface area contributed by atoms with Gasteiger partial charge in [0.25, 0.3) is 5.91 Å². The topological polar surface area (TPSA) is 113 Å². The summed E-state index contributed by atoms with van der Waals surface area (Å²) in [5, 5.41) is 11.3. The molecule has 1 amide bonds. The number of hydrogen-bond donors (Lipinski definition) is 2. The van der Waals surface area contributed by atoms with E-state index in [1.807, 2.05) is 0 Å². The van der Waals surface area contributed by atoms with E-state index in [1.165, 1.54) is 35.7 Å². The van der Waals surface area contributed by atoms with Gasteiger partial charge in [-0.25, -0.2) is 13.2 Å². The standard InChI is InChI=1S/C15H22N2O6S/c1-4-17(5-2)24(21,22)12-8-6-7-11(9-12)14(18)16-13(10-23-3)15(19)20/h6-9,13H,4-5,10H2,1-3H3,(H,16,18)(H,19,20). The van der Waals surface area contributed by atoms with E-state index in [1.54, 1.807) is 13.8 Å². The van der Waals surface area contributed by atoms with Gasteiger partial charge in [-0.1, -0.05) is 19.9 Å². The highest BCUT2D eigenvalue weighted by molar-refractivity contribution is 7.89. The van der Waals surface area contributed by atoms with E-state index in [0.29, 0.717) is 13.1 Å². The van der Waals surface area contributed by atoms with Crippen LogP contribution in [0.4, 0.5) is 0 Å². The van der Waals surface area contributed by atoms with Crippen molar-refractivity contribution in [3.05, 3.63) is 29.8 Å². The monoisotopic (exact) mass is 358 g/mol. The Morgan fingerprint density at radius 3 is 2.42 bits per heavy atom. The molecule has 0 aliphatic heterocycles. The Bertz CT molecular complexity index is 685. The molecule has 1 aromatic rings. The number of sulfonamides is 1. The third-order valence-corrected chi connectivity index (χ3v) is 5.42. The summed E-state index contributed by atoms with van der Waals surface area (Å²) in [5.41, 5.74) is 0.0607. The highest BCUT2D eigenvalue weighted by Crippen LogP contribution is 2.17. The molecule has 0 fully saturated rings. The van der Waals surface area contributed by atoms with Crippen molar-refractivity contribution in [3.63, 3.8) is 0 Å². The molecule has 1 unspecified atom stereocenters. The maximum absolute atomic E-state index is 12.5. The zero-order valence-electron chi connectivity index (χ0n) is 13.9. The molecule has 0 saturated carbocycles. The van der Waals surface area contributed by atoms with Crippen molar-refractivity contribution in [1.82, 2.24) is 9.62 Å². The van der Waals surface area contributed by atoms with Crippen LogP contribution in [0.5, 0.6) is 0 Å². The lowest BCUT2D eigenvalue weighted by atomic mass is 10.2. The average Bonchev–Trinajstić information content (AvgIpc) is 2.55. The van der Waals surface area contributed by atoms with Crippen molar-refractivity contribution >= 4 is 21.9 Å². The second kappa shape index (κ2) is 8.76. The largest absolute Gasteiger partial charge is 0.480 e. The van der Waals surface area contributed by atoms with Gasteiger partial charge in [0.15, 0.2) is 6.04 Å². The normalized spacial score (nSPS) is 12.8. The molecule has 134 valence electrons. The molecular formula is C15H22N2O6S. The summed E-state index contributed by atoms with van der Waals surface area (Å²) < 4.78 is 31.0. The predicted molar refractivity (Wildman–Crippen MR) is 87.3 cm³/mol. The van der Waals surface area contributed by atoms with E-state index in [0.717, 1.165) is 0 Å². The number of nitrogens with one attached hydrogen (secondary N) is 1. The molecule has 0 aliphatic carbocycles. The zero-order valence-corrected chi connectivity index (χ0v) is 14.7. The third-order valence-electron chi connectivity index (χ3n) is 3.38. The first-order valence-corrected chi connectivity index (χ1v) is 8.84. The molecular weight excluding hydrogens is 336 g/mol. The maximum Gasteiger partial charge on any atom is 0.328 e. The van der Waals surface area contributed by atoms with Crippen molar-refractivity contribution in [2.45, 2.75) is 24.8 Å². The number of amides is 1. The third kappa shape index (κ3) is 4.76. The lowest BCUT2D eigenvalue weighted by molar-refractivity contribution is -0.140. The van der Waals surface area contributed by atoms with Crippen LogP contribution in [0.15, 0.2) is 29.2 Å². The van der Waals surface area contributed by atoms with Crippen LogP contribution in [0.1, 0.15) is 24.2 Å². The van der Waals surface area contributed by atoms with Gasteiger partial charge in [0.1, 0.15) is 0 Å². The van der Waals surface area contributed by atoms with Crippen molar-refractivity contribution < 1.29 is 27.9 Å². The summed E-state index contributed by atoms with van der Waals surface area (Å²) in [4.78, 5) is 23.2. The summed E-state index contributed by atoms with van der Waals surface area (Å²) in [5.74, 6) is -1.92. The van der Waals surface area contributed by atoms with Crippen molar-refractivity contribution in [2.75, 3.05) is 26.8 Å². The molecule has 8 nitrogen and oxygen atoms in total. The number of carboxylic acids is 1. The zero-order chi connectivity index (χ0) is 18.3. The van der Waals surface area contributed by atoms with Crippen molar-refractivity contribution in [3.8, 4) is 0 Å². The van der Waals surface area contributed by atoms with E-state index in [9.17, 15) is 18.0 Å². The molecule has 24 heavy (non-hydrogen) atoms. The Morgan fingerprint density at radius 2 is 1.92 bits per heavy atom.